The number of piperidine rings is 1. The van der Waals surface area contributed by atoms with Crippen molar-refractivity contribution >= 4 is 11.6 Å². The van der Waals surface area contributed by atoms with Crippen molar-refractivity contribution in [3.05, 3.63) is 29.7 Å². The lowest BCUT2D eigenvalue weighted by Gasteiger charge is -2.33. The van der Waals surface area contributed by atoms with Gasteiger partial charge in [-0.2, -0.15) is 5.10 Å². The van der Waals surface area contributed by atoms with Gasteiger partial charge in [0.25, 0.3) is 5.91 Å². The molecule has 2 aromatic heterocycles. The number of likely N-dealkylation sites (tertiary alicyclic amines) is 1. The quantitative estimate of drug-likeness (QED) is 0.865. The van der Waals surface area contributed by atoms with E-state index >= 15 is 0 Å². The molecule has 0 unspecified atom stereocenters. The van der Waals surface area contributed by atoms with Gasteiger partial charge in [-0.3, -0.25) is 4.79 Å². The van der Waals surface area contributed by atoms with E-state index in [0.717, 1.165) is 26.1 Å². The van der Waals surface area contributed by atoms with Crippen molar-refractivity contribution in [2.24, 2.45) is 11.8 Å². The number of carbonyl (C=O) groups excluding carboxylic acids is 1. The molecule has 1 aliphatic carbocycles. The Morgan fingerprint density at radius 3 is 2.96 bits per heavy atom. The molecule has 0 radical (unpaired) electrons. The zero-order valence-corrected chi connectivity index (χ0v) is 15.8. The van der Waals surface area contributed by atoms with Crippen LogP contribution in [0.5, 0.6) is 0 Å². The summed E-state index contributed by atoms with van der Waals surface area (Å²) in [5, 5.41) is 7.54. The van der Waals surface area contributed by atoms with Crippen LogP contribution in [-0.2, 0) is 0 Å². The molecule has 6 nitrogen and oxygen atoms in total. The second-order valence-electron chi connectivity index (χ2n) is 8.31. The van der Waals surface area contributed by atoms with E-state index in [1.54, 1.807) is 6.20 Å². The van der Waals surface area contributed by atoms with Gasteiger partial charge < -0.3 is 10.2 Å². The molecule has 0 spiro atoms. The second kappa shape index (κ2) is 7.35. The number of rotatable bonds is 6. The molecule has 2 aromatic rings. The van der Waals surface area contributed by atoms with Gasteiger partial charge in [0.2, 0.25) is 0 Å². The van der Waals surface area contributed by atoms with E-state index in [4.69, 9.17) is 0 Å². The highest BCUT2D eigenvalue weighted by Gasteiger charge is 2.26. The minimum Gasteiger partial charge on any atom is -0.352 e. The number of nitrogens with one attached hydrogen (secondary N) is 1. The Bertz CT molecular complexity index is 780. The first-order valence-corrected chi connectivity index (χ1v) is 9.95. The maximum Gasteiger partial charge on any atom is 0.256 e. The van der Waals surface area contributed by atoms with Crippen LogP contribution in [0.15, 0.2) is 18.5 Å². The van der Waals surface area contributed by atoms with Crippen LogP contribution in [0.25, 0.3) is 5.65 Å². The van der Waals surface area contributed by atoms with Crippen molar-refractivity contribution in [2.75, 3.05) is 26.2 Å². The summed E-state index contributed by atoms with van der Waals surface area (Å²) < 4.78 is 1.88. The summed E-state index contributed by atoms with van der Waals surface area (Å²) in [5.74, 6) is 1.73. The molecule has 3 heterocycles. The molecule has 1 saturated carbocycles. The molecule has 26 heavy (non-hydrogen) atoms. The molecule has 1 atom stereocenters. The van der Waals surface area contributed by atoms with Gasteiger partial charge in [-0.15, -0.1) is 0 Å². The van der Waals surface area contributed by atoms with E-state index in [2.05, 4.69) is 40.2 Å². The van der Waals surface area contributed by atoms with Gasteiger partial charge in [-0.05, 0) is 50.1 Å². The van der Waals surface area contributed by atoms with Crippen LogP contribution < -0.4 is 5.32 Å². The van der Waals surface area contributed by atoms with E-state index in [1.807, 2.05) is 10.7 Å². The predicted octanol–water partition coefficient (Wildman–Crippen LogP) is 2.70. The highest BCUT2D eigenvalue weighted by molar-refractivity contribution is 5.99. The lowest BCUT2D eigenvalue weighted by molar-refractivity contribution is 0.0953. The van der Waals surface area contributed by atoms with Crippen LogP contribution >= 0.6 is 0 Å². The first-order valence-electron chi connectivity index (χ1n) is 9.95. The SMILES string of the molecule is CC(C)CN1CCC[C@H](c2ccnc3c(C(=O)NCC4CC4)cnn23)C1. The third-order valence-corrected chi connectivity index (χ3v) is 5.47. The van der Waals surface area contributed by atoms with Gasteiger partial charge in [0.05, 0.1) is 11.9 Å². The standard InChI is InChI=1S/C20H29N5O/c1-14(2)12-24-9-3-4-16(13-24)18-7-8-21-19-17(11-23-25(18)19)20(26)22-10-15-5-6-15/h7-8,11,14-16H,3-6,9-10,12-13H2,1-2H3,(H,22,26)/t16-/m0/s1. The molecule has 4 rings (SSSR count). The van der Waals surface area contributed by atoms with Crippen LogP contribution in [0.4, 0.5) is 0 Å². The molecule has 1 aliphatic heterocycles. The largest absolute Gasteiger partial charge is 0.352 e. The fraction of sp³-hybridized carbons (Fsp3) is 0.650. The van der Waals surface area contributed by atoms with Gasteiger partial charge in [0, 0.05) is 31.7 Å². The van der Waals surface area contributed by atoms with Crippen LogP contribution in [0.1, 0.15) is 61.5 Å². The number of hydrogen-bond acceptors (Lipinski definition) is 4. The fourth-order valence-corrected chi connectivity index (χ4v) is 4.01. The van der Waals surface area contributed by atoms with Crippen molar-refractivity contribution in [3.63, 3.8) is 0 Å². The van der Waals surface area contributed by atoms with Gasteiger partial charge in [-0.25, -0.2) is 9.50 Å². The Labute approximate surface area is 155 Å². The Morgan fingerprint density at radius 1 is 1.35 bits per heavy atom. The Hall–Kier alpha value is -1.95. The Balaban J connectivity index is 1.55. The Morgan fingerprint density at radius 2 is 2.19 bits per heavy atom. The lowest BCUT2D eigenvalue weighted by atomic mass is 9.94. The third kappa shape index (κ3) is 3.75. The van der Waals surface area contributed by atoms with Gasteiger partial charge >= 0.3 is 0 Å². The number of nitrogens with zero attached hydrogens (tertiary/aromatic N) is 4. The molecule has 1 amide bonds. The average Bonchev–Trinajstić information content (AvgIpc) is 3.35. The fourth-order valence-electron chi connectivity index (χ4n) is 4.01. The minimum atomic E-state index is -0.0540. The van der Waals surface area contributed by atoms with Gasteiger partial charge in [0.15, 0.2) is 5.65 Å². The first kappa shape index (κ1) is 17.5. The highest BCUT2D eigenvalue weighted by Crippen LogP contribution is 2.29. The molecule has 1 saturated heterocycles. The number of aromatic nitrogens is 3. The van der Waals surface area contributed by atoms with Crippen LogP contribution in [0.3, 0.4) is 0 Å². The monoisotopic (exact) mass is 355 g/mol. The Kier molecular flexibility index (Phi) is 4.94. The zero-order valence-electron chi connectivity index (χ0n) is 15.8. The summed E-state index contributed by atoms with van der Waals surface area (Å²) in [6.45, 7) is 8.68. The number of fused-ring (bicyclic) bond motifs is 1. The van der Waals surface area contributed by atoms with E-state index in [1.165, 1.54) is 31.5 Å². The van der Waals surface area contributed by atoms with E-state index in [-0.39, 0.29) is 5.91 Å². The molecule has 0 aromatic carbocycles. The molecular weight excluding hydrogens is 326 g/mol. The molecular formula is C20H29N5O. The lowest BCUT2D eigenvalue weighted by Crippen LogP contribution is -2.37. The smallest absolute Gasteiger partial charge is 0.256 e. The zero-order chi connectivity index (χ0) is 18.1. The number of hydrogen-bond donors (Lipinski definition) is 1. The van der Waals surface area contributed by atoms with Gasteiger partial charge in [0.1, 0.15) is 5.56 Å². The van der Waals surface area contributed by atoms with E-state index in [0.29, 0.717) is 29.0 Å². The summed E-state index contributed by atoms with van der Waals surface area (Å²) in [7, 11) is 0. The summed E-state index contributed by atoms with van der Waals surface area (Å²) in [4.78, 5) is 19.5. The van der Waals surface area contributed by atoms with E-state index < -0.39 is 0 Å². The third-order valence-electron chi connectivity index (χ3n) is 5.47. The van der Waals surface area contributed by atoms with Gasteiger partial charge in [-0.1, -0.05) is 13.8 Å². The van der Waals surface area contributed by atoms with Crippen LogP contribution in [-0.4, -0.2) is 51.6 Å². The van der Waals surface area contributed by atoms with Crippen molar-refractivity contribution in [2.45, 2.75) is 45.4 Å². The molecule has 2 fully saturated rings. The molecule has 1 N–H and O–H groups in total. The number of carbonyl (C=O) groups is 1. The molecule has 0 bridgehead atoms. The van der Waals surface area contributed by atoms with Crippen molar-refractivity contribution in [3.8, 4) is 0 Å². The van der Waals surface area contributed by atoms with Crippen molar-refractivity contribution in [1.82, 2.24) is 24.8 Å². The van der Waals surface area contributed by atoms with Crippen molar-refractivity contribution < 1.29 is 4.79 Å². The summed E-state index contributed by atoms with van der Waals surface area (Å²) in [6, 6.07) is 2.06. The molecule has 140 valence electrons. The maximum absolute atomic E-state index is 12.5. The maximum atomic E-state index is 12.5. The summed E-state index contributed by atoms with van der Waals surface area (Å²) in [5.41, 5.74) is 2.43. The van der Waals surface area contributed by atoms with Crippen LogP contribution in [0.2, 0.25) is 0 Å². The van der Waals surface area contributed by atoms with Crippen LogP contribution in [0, 0.1) is 11.8 Å². The highest BCUT2D eigenvalue weighted by atomic mass is 16.1. The molecule has 6 heteroatoms. The number of amides is 1. The topological polar surface area (TPSA) is 62.5 Å². The normalized spacial score (nSPS) is 21.4. The molecule has 2 aliphatic rings. The average molecular weight is 355 g/mol. The summed E-state index contributed by atoms with van der Waals surface area (Å²) >= 11 is 0. The summed E-state index contributed by atoms with van der Waals surface area (Å²) in [6.07, 6.45) is 8.32. The second-order valence-corrected chi connectivity index (χ2v) is 8.31. The first-order chi connectivity index (χ1) is 12.6. The van der Waals surface area contributed by atoms with E-state index in [9.17, 15) is 4.79 Å². The minimum absolute atomic E-state index is 0.0540. The predicted molar refractivity (Wildman–Crippen MR) is 101 cm³/mol. The van der Waals surface area contributed by atoms with Crippen molar-refractivity contribution in [1.29, 1.82) is 0 Å².